The molecule has 1 atom stereocenters. The molecule has 2 rings (SSSR count). The van der Waals surface area contributed by atoms with Crippen molar-refractivity contribution in [1.29, 1.82) is 0 Å². The van der Waals surface area contributed by atoms with Gasteiger partial charge < -0.3 is 9.80 Å². The summed E-state index contributed by atoms with van der Waals surface area (Å²) in [5.74, 6) is 0.916. The Kier molecular flexibility index (Phi) is 3.12. The van der Waals surface area contributed by atoms with E-state index in [4.69, 9.17) is 11.6 Å². The molecule has 1 unspecified atom stereocenters. The van der Waals surface area contributed by atoms with Crippen LogP contribution in [-0.2, 0) is 0 Å². The number of nitrogens with zero attached hydrogens (tertiary/aromatic N) is 3. The molecule has 15 heavy (non-hydrogen) atoms. The maximum absolute atomic E-state index is 6.12. The molecule has 2 heterocycles. The van der Waals surface area contributed by atoms with E-state index in [9.17, 15) is 0 Å². The first-order valence-corrected chi connectivity index (χ1v) is 5.62. The summed E-state index contributed by atoms with van der Waals surface area (Å²) >= 11 is 6.12. The van der Waals surface area contributed by atoms with Gasteiger partial charge >= 0.3 is 0 Å². The van der Waals surface area contributed by atoms with Gasteiger partial charge in [-0.15, -0.1) is 0 Å². The van der Waals surface area contributed by atoms with E-state index in [2.05, 4.69) is 28.8 Å². The van der Waals surface area contributed by atoms with E-state index in [0.29, 0.717) is 6.04 Å². The molecule has 1 saturated heterocycles. The molecular formula is C11H16ClN3. The second-order valence-electron chi connectivity index (χ2n) is 4.08. The van der Waals surface area contributed by atoms with Crippen molar-refractivity contribution in [3.63, 3.8) is 0 Å². The summed E-state index contributed by atoms with van der Waals surface area (Å²) in [6.45, 7) is 5.28. The van der Waals surface area contributed by atoms with Gasteiger partial charge in [-0.25, -0.2) is 4.98 Å². The molecule has 0 amide bonds. The quantitative estimate of drug-likeness (QED) is 0.728. The van der Waals surface area contributed by atoms with Crippen LogP contribution in [0.25, 0.3) is 0 Å². The Balaban J connectivity index is 2.15. The minimum atomic E-state index is 0.553. The molecule has 0 aliphatic carbocycles. The standard InChI is InChI=1S/C11H16ClN3/c1-9-8-15(7-6-14(9)2)11-10(12)4-3-5-13-11/h3-5,9H,6-8H2,1-2H3. The van der Waals surface area contributed by atoms with Crippen molar-refractivity contribution in [2.75, 3.05) is 31.6 Å². The average molecular weight is 226 g/mol. The van der Waals surface area contributed by atoms with Gasteiger partial charge in [-0.05, 0) is 26.1 Å². The zero-order chi connectivity index (χ0) is 10.8. The molecule has 0 bridgehead atoms. The maximum Gasteiger partial charge on any atom is 0.147 e. The minimum absolute atomic E-state index is 0.553. The van der Waals surface area contributed by atoms with Crippen molar-refractivity contribution < 1.29 is 0 Å². The number of piperazine rings is 1. The van der Waals surface area contributed by atoms with E-state index < -0.39 is 0 Å². The van der Waals surface area contributed by atoms with Crippen LogP contribution in [0, 0.1) is 0 Å². The molecule has 4 heteroatoms. The molecule has 0 spiro atoms. The van der Waals surface area contributed by atoms with E-state index in [1.165, 1.54) is 0 Å². The highest BCUT2D eigenvalue weighted by molar-refractivity contribution is 6.32. The molecule has 3 nitrogen and oxygen atoms in total. The fraction of sp³-hybridized carbons (Fsp3) is 0.545. The molecule has 0 N–H and O–H groups in total. The number of rotatable bonds is 1. The third kappa shape index (κ3) is 2.24. The molecule has 82 valence electrons. The second kappa shape index (κ2) is 4.37. The summed E-state index contributed by atoms with van der Waals surface area (Å²) in [4.78, 5) is 8.95. The summed E-state index contributed by atoms with van der Waals surface area (Å²) < 4.78 is 0. The predicted molar refractivity (Wildman–Crippen MR) is 63.6 cm³/mol. The van der Waals surface area contributed by atoms with Crippen molar-refractivity contribution >= 4 is 17.4 Å². The highest BCUT2D eigenvalue weighted by atomic mass is 35.5. The fourth-order valence-electron chi connectivity index (χ4n) is 1.85. The van der Waals surface area contributed by atoms with Crippen LogP contribution in [0.4, 0.5) is 5.82 Å². The normalized spacial score (nSPS) is 23.1. The predicted octanol–water partition coefficient (Wildman–Crippen LogP) is 1.88. The molecule has 0 saturated carbocycles. The van der Waals surface area contributed by atoms with Crippen molar-refractivity contribution in [2.24, 2.45) is 0 Å². The van der Waals surface area contributed by atoms with Crippen molar-refractivity contribution in [2.45, 2.75) is 13.0 Å². The minimum Gasteiger partial charge on any atom is -0.353 e. The highest BCUT2D eigenvalue weighted by Gasteiger charge is 2.22. The highest BCUT2D eigenvalue weighted by Crippen LogP contribution is 2.24. The Bertz CT molecular complexity index is 342. The van der Waals surface area contributed by atoms with Gasteiger partial charge in [0.15, 0.2) is 0 Å². The average Bonchev–Trinajstić information content (AvgIpc) is 2.23. The Morgan fingerprint density at radius 2 is 2.27 bits per heavy atom. The third-order valence-electron chi connectivity index (χ3n) is 3.00. The molecule has 1 aliphatic heterocycles. The lowest BCUT2D eigenvalue weighted by Gasteiger charge is -2.38. The monoisotopic (exact) mass is 225 g/mol. The SMILES string of the molecule is CC1CN(c2ncccc2Cl)CCN1C. The number of anilines is 1. The summed E-state index contributed by atoms with van der Waals surface area (Å²) in [5.41, 5.74) is 0. The van der Waals surface area contributed by atoms with Crippen LogP contribution in [0.15, 0.2) is 18.3 Å². The number of hydrogen-bond donors (Lipinski definition) is 0. The Morgan fingerprint density at radius 3 is 2.93 bits per heavy atom. The molecule has 0 radical (unpaired) electrons. The van der Waals surface area contributed by atoms with Gasteiger partial charge in [0.2, 0.25) is 0 Å². The van der Waals surface area contributed by atoms with E-state index in [1.807, 2.05) is 12.1 Å². The van der Waals surface area contributed by atoms with Crippen LogP contribution in [0.1, 0.15) is 6.92 Å². The summed E-state index contributed by atoms with van der Waals surface area (Å²) in [5, 5.41) is 0.745. The van der Waals surface area contributed by atoms with Gasteiger partial charge in [-0.3, -0.25) is 0 Å². The van der Waals surface area contributed by atoms with Gasteiger partial charge in [0.25, 0.3) is 0 Å². The topological polar surface area (TPSA) is 19.4 Å². The molecule has 1 aromatic heterocycles. The molecular weight excluding hydrogens is 210 g/mol. The summed E-state index contributed by atoms with van der Waals surface area (Å²) in [7, 11) is 2.15. The molecule has 1 fully saturated rings. The first-order valence-electron chi connectivity index (χ1n) is 5.24. The fourth-order valence-corrected chi connectivity index (χ4v) is 2.09. The van der Waals surface area contributed by atoms with Crippen LogP contribution < -0.4 is 4.90 Å². The van der Waals surface area contributed by atoms with Gasteiger partial charge in [0.1, 0.15) is 5.82 Å². The first-order chi connectivity index (χ1) is 7.18. The van der Waals surface area contributed by atoms with E-state index in [0.717, 1.165) is 30.5 Å². The van der Waals surface area contributed by atoms with Crippen molar-refractivity contribution in [3.05, 3.63) is 23.4 Å². The first kappa shape index (κ1) is 10.7. The van der Waals surface area contributed by atoms with Gasteiger partial charge in [-0.2, -0.15) is 0 Å². The zero-order valence-electron chi connectivity index (χ0n) is 9.15. The zero-order valence-corrected chi connectivity index (χ0v) is 9.91. The van der Waals surface area contributed by atoms with Crippen molar-refractivity contribution in [3.8, 4) is 0 Å². The number of aromatic nitrogens is 1. The van der Waals surface area contributed by atoms with E-state index in [-0.39, 0.29) is 0 Å². The van der Waals surface area contributed by atoms with Crippen LogP contribution in [-0.4, -0.2) is 42.6 Å². The van der Waals surface area contributed by atoms with Gasteiger partial charge in [0.05, 0.1) is 5.02 Å². The summed E-state index contributed by atoms with van der Waals surface area (Å²) in [6, 6.07) is 4.31. The van der Waals surface area contributed by atoms with Gasteiger partial charge in [-0.1, -0.05) is 11.6 Å². The second-order valence-corrected chi connectivity index (χ2v) is 4.49. The smallest absolute Gasteiger partial charge is 0.147 e. The molecule has 1 aliphatic rings. The lowest BCUT2D eigenvalue weighted by Crippen LogP contribution is -2.50. The van der Waals surface area contributed by atoms with E-state index >= 15 is 0 Å². The number of likely N-dealkylation sites (N-methyl/N-ethyl adjacent to an activating group) is 1. The Labute approximate surface area is 95.7 Å². The Hall–Kier alpha value is -0.800. The van der Waals surface area contributed by atoms with Crippen LogP contribution >= 0.6 is 11.6 Å². The van der Waals surface area contributed by atoms with Crippen LogP contribution in [0.2, 0.25) is 5.02 Å². The molecule has 0 aromatic carbocycles. The van der Waals surface area contributed by atoms with Crippen molar-refractivity contribution in [1.82, 2.24) is 9.88 Å². The summed E-state index contributed by atoms with van der Waals surface area (Å²) in [6.07, 6.45) is 1.80. The Morgan fingerprint density at radius 1 is 1.47 bits per heavy atom. The maximum atomic E-state index is 6.12. The number of halogens is 1. The van der Waals surface area contributed by atoms with Crippen LogP contribution in [0.5, 0.6) is 0 Å². The molecule has 1 aromatic rings. The third-order valence-corrected chi connectivity index (χ3v) is 3.29. The van der Waals surface area contributed by atoms with Gasteiger partial charge in [0, 0.05) is 31.9 Å². The largest absolute Gasteiger partial charge is 0.353 e. The number of hydrogen-bond acceptors (Lipinski definition) is 3. The number of pyridine rings is 1. The lowest BCUT2D eigenvalue weighted by molar-refractivity contribution is 0.233. The lowest BCUT2D eigenvalue weighted by atomic mass is 10.2. The van der Waals surface area contributed by atoms with Crippen LogP contribution in [0.3, 0.4) is 0 Å². The van der Waals surface area contributed by atoms with E-state index in [1.54, 1.807) is 6.20 Å².